The lowest BCUT2D eigenvalue weighted by Gasteiger charge is -2.25. The molecule has 10 heteroatoms. The van der Waals surface area contributed by atoms with Crippen molar-refractivity contribution in [1.29, 1.82) is 0 Å². The van der Waals surface area contributed by atoms with Crippen LogP contribution in [0, 0.1) is 11.8 Å². The van der Waals surface area contributed by atoms with Crippen LogP contribution in [0.2, 0.25) is 0 Å². The first-order chi connectivity index (χ1) is 18.3. The molecule has 2 aromatic heterocycles. The van der Waals surface area contributed by atoms with Crippen LogP contribution in [0.25, 0.3) is 11.2 Å². The summed E-state index contributed by atoms with van der Waals surface area (Å²) < 4.78 is 4.49. The van der Waals surface area contributed by atoms with E-state index < -0.39 is 11.2 Å². The second-order valence-corrected chi connectivity index (χ2v) is 11.6. The van der Waals surface area contributed by atoms with E-state index in [1.807, 2.05) is 16.7 Å². The Morgan fingerprint density at radius 3 is 2.58 bits per heavy atom. The summed E-state index contributed by atoms with van der Waals surface area (Å²) in [7, 11) is 1.64. The Kier molecular flexibility index (Phi) is 6.37. The van der Waals surface area contributed by atoms with Crippen molar-refractivity contribution < 1.29 is 4.79 Å². The fourth-order valence-corrected chi connectivity index (χ4v) is 6.49. The fourth-order valence-electron chi connectivity index (χ4n) is 6.49. The third kappa shape index (κ3) is 4.24. The second kappa shape index (κ2) is 9.72. The highest BCUT2D eigenvalue weighted by Gasteiger charge is 2.40. The minimum absolute atomic E-state index is 0.0329. The average molecular weight is 520 g/mol. The van der Waals surface area contributed by atoms with Crippen LogP contribution in [0.4, 0.5) is 5.95 Å². The Balaban J connectivity index is 1.34. The monoisotopic (exact) mass is 519 g/mol. The number of amides is 1. The SMILES string of the molecule is CC(C)CCn1c(N2CCC3CNCC32)nc2c1c(=O)n(CC(=O)NC1Cc3ccccc3C1)c(=O)n2C. The molecular weight excluding hydrogens is 482 g/mol. The molecule has 0 bridgehead atoms. The van der Waals surface area contributed by atoms with Crippen LogP contribution in [0.15, 0.2) is 33.9 Å². The predicted octanol–water partition coefficient (Wildman–Crippen LogP) is 1.02. The van der Waals surface area contributed by atoms with Crippen molar-refractivity contribution in [1.82, 2.24) is 29.3 Å². The summed E-state index contributed by atoms with van der Waals surface area (Å²) in [6.07, 6.45) is 3.47. The highest BCUT2D eigenvalue weighted by Crippen LogP contribution is 2.33. The van der Waals surface area contributed by atoms with Crippen LogP contribution in [-0.4, -0.2) is 56.3 Å². The molecule has 2 unspecified atom stereocenters. The van der Waals surface area contributed by atoms with Gasteiger partial charge in [0.2, 0.25) is 11.9 Å². The Bertz CT molecular complexity index is 1480. The Labute approximate surface area is 221 Å². The van der Waals surface area contributed by atoms with Crippen LogP contribution in [0.3, 0.4) is 0 Å². The molecule has 2 fully saturated rings. The normalized spacial score (nSPS) is 21.0. The number of aromatic nitrogens is 4. The smallest absolute Gasteiger partial charge is 0.332 e. The summed E-state index contributed by atoms with van der Waals surface area (Å²) in [5.74, 6) is 1.44. The zero-order valence-corrected chi connectivity index (χ0v) is 22.4. The van der Waals surface area contributed by atoms with Gasteiger partial charge in [-0.3, -0.25) is 14.2 Å². The van der Waals surface area contributed by atoms with Gasteiger partial charge in [0.15, 0.2) is 11.2 Å². The van der Waals surface area contributed by atoms with Crippen molar-refractivity contribution in [3.05, 3.63) is 56.2 Å². The van der Waals surface area contributed by atoms with Gasteiger partial charge in [0.05, 0.1) is 0 Å². The highest BCUT2D eigenvalue weighted by atomic mass is 16.2. The molecule has 2 atom stereocenters. The molecular formula is C28H37N7O3. The number of nitrogens with zero attached hydrogens (tertiary/aromatic N) is 5. The molecule has 0 radical (unpaired) electrons. The molecule has 2 aliphatic heterocycles. The lowest BCUT2D eigenvalue weighted by atomic mass is 10.1. The van der Waals surface area contributed by atoms with Gasteiger partial charge in [-0.2, -0.15) is 4.98 Å². The quantitative estimate of drug-likeness (QED) is 0.483. The van der Waals surface area contributed by atoms with E-state index in [-0.39, 0.29) is 18.5 Å². The van der Waals surface area contributed by atoms with E-state index in [0.717, 1.165) is 55.8 Å². The standard InChI is InChI=1S/C28H37N7O3/c1-17(2)8-10-34-24-25(31-27(34)33-11-9-20-14-29-15-22(20)33)32(3)28(38)35(26(24)37)16-23(36)30-21-12-18-6-4-5-7-19(18)13-21/h4-7,17,20-22,29H,8-16H2,1-3H3,(H,30,36). The highest BCUT2D eigenvalue weighted by molar-refractivity contribution is 5.78. The molecule has 0 spiro atoms. The van der Waals surface area contributed by atoms with Gasteiger partial charge in [-0.25, -0.2) is 9.36 Å². The first-order valence-electron chi connectivity index (χ1n) is 13.9. The lowest BCUT2D eigenvalue weighted by Crippen LogP contribution is -2.45. The van der Waals surface area contributed by atoms with E-state index in [4.69, 9.17) is 4.98 Å². The molecule has 3 aliphatic rings. The molecule has 1 amide bonds. The number of benzene rings is 1. The molecule has 38 heavy (non-hydrogen) atoms. The van der Waals surface area contributed by atoms with Crippen molar-refractivity contribution >= 4 is 23.0 Å². The molecule has 1 aromatic carbocycles. The number of aryl methyl sites for hydroxylation is 2. The largest absolute Gasteiger partial charge is 0.351 e. The summed E-state index contributed by atoms with van der Waals surface area (Å²) in [4.78, 5) is 47.4. The maximum Gasteiger partial charge on any atom is 0.332 e. The van der Waals surface area contributed by atoms with Gasteiger partial charge >= 0.3 is 5.69 Å². The summed E-state index contributed by atoms with van der Waals surface area (Å²) in [6.45, 7) is 7.42. The van der Waals surface area contributed by atoms with Gasteiger partial charge in [-0.1, -0.05) is 38.1 Å². The van der Waals surface area contributed by atoms with Crippen LogP contribution >= 0.6 is 0 Å². The minimum Gasteiger partial charge on any atom is -0.351 e. The van der Waals surface area contributed by atoms with Gasteiger partial charge in [-0.15, -0.1) is 0 Å². The van der Waals surface area contributed by atoms with Crippen molar-refractivity contribution in [3.8, 4) is 0 Å². The van der Waals surface area contributed by atoms with Crippen LogP contribution in [-0.2, 0) is 37.8 Å². The van der Waals surface area contributed by atoms with Gasteiger partial charge < -0.3 is 20.1 Å². The second-order valence-electron chi connectivity index (χ2n) is 11.6. The predicted molar refractivity (Wildman–Crippen MR) is 147 cm³/mol. The minimum atomic E-state index is -0.519. The van der Waals surface area contributed by atoms with Crippen molar-refractivity contribution in [3.63, 3.8) is 0 Å². The Morgan fingerprint density at radius 1 is 1.13 bits per heavy atom. The zero-order chi connectivity index (χ0) is 26.6. The molecule has 4 heterocycles. The Morgan fingerprint density at radius 2 is 1.87 bits per heavy atom. The molecule has 2 saturated heterocycles. The first-order valence-corrected chi connectivity index (χ1v) is 13.9. The topological polar surface area (TPSA) is 106 Å². The molecule has 2 N–H and O–H groups in total. The molecule has 202 valence electrons. The number of carbonyl (C=O) groups is 1. The molecule has 6 rings (SSSR count). The maximum atomic E-state index is 13.9. The van der Waals surface area contributed by atoms with Crippen molar-refractivity contribution in [2.24, 2.45) is 18.9 Å². The summed E-state index contributed by atoms with van der Waals surface area (Å²) in [5, 5.41) is 6.52. The van der Waals surface area contributed by atoms with Gasteiger partial charge in [0.25, 0.3) is 5.56 Å². The van der Waals surface area contributed by atoms with E-state index in [1.165, 1.54) is 15.7 Å². The summed E-state index contributed by atoms with van der Waals surface area (Å²) >= 11 is 0. The van der Waals surface area contributed by atoms with E-state index in [0.29, 0.717) is 35.6 Å². The van der Waals surface area contributed by atoms with Crippen LogP contribution in [0.1, 0.15) is 37.8 Å². The lowest BCUT2D eigenvalue weighted by molar-refractivity contribution is -0.122. The molecule has 0 saturated carbocycles. The number of anilines is 1. The maximum absolute atomic E-state index is 13.9. The van der Waals surface area contributed by atoms with Crippen LogP contribution < -0.4 is 26.8 Å². The van der Waals surface area contributed by atoms with Gasteiger partial charge in [-0.05, 0) is 48.6 Å². The third-order valence-electron chi connectivity index (χ3n) is 8.56. The number of imidazole rings is 1. The number of nitrogens with one attached hydrogen (secondary N) is 2. The first kappa shape index (κ1) is 24.9. The van der Waals surface area contributed by atoms with Crippen molar-refractivity contribution in [2.45, 2.75) is 64.7 Å². The number of hydrogen-bond donors (Lipinski definition) is 2. The Hall–Kier alpha value is -3.40. The number of hydrogen-bond acceptors (Lipinski definition) is 6. The number of fused-ring (bicyclic) bond motifs is 3. The van der Waals surface area contributed by atoms with Crippen LogP contribution in [0.5, 0.6) is 0 Å². The van der Waals surface area contributed by atoms with E-state index in [9.17, 15) is 14.4 Å². The summed E-state index contributed by atoms with van der Waals surface area (Å²) in [5.41, 5.74) is 2.28. The van der Waals surface area contributed by atoms with E-state index >= 15 is 0 Å². The molecule has 1 aliphatic carbocycles. The third-order valence-corrected chi connectivity index (χ3v) is 8.56. The summed E-state index contributed by atoms with van der Waals surface area (Å²) in [6, 6.07) is 8.47. The van der Waals surface area contributed by atoms with Gasteiger partial charge in [0.1, 0.15) is 6.54 Å². The van der Waals surface area contributed by atoms with Gasteiger partial charge in [0, 0.05) is 45.3 Å². The average Bonchev–Trinajstić information content (AvgIpc) is 3.66. The van der Waals surface area contributed by atoms with Crippen molar-refractivity contribution in [2.75, 3.05) is 24.5 Å². The van der Waals surface area contributed by atoms with E-state index in [1.54, 1.807) is 7.05 Å². The number of carbonyl (C=O) groups excluding carboxylic acids is 1. The molecule has 3 aromatic rings. The fraction of sp³-hybridized carbons (Fsp3) is 0.571. The molecule has 10 nitrogen and oxygen atoms in total. The van der Waals surface area contributed by atoms with E-state index in [2.05, 4.69) is 41.5 Å². The zero-order valence-electron chi connectivity index (χ0n) is 22.4. The number of rotatable bonds is 7.